The Kier molecular flexibility index (Phi) is 36.1. The largest absolute Gasteiger partial charge is 0.396 e. The number of unbranched alkanes of at least 4 members (excludes halogenated alkanes) is 5. The second-order valence-electron chi connectivity index (χ2n) is 14.3. The van der Waals surface area contributed by atoms with Crippen LogP contribution >= 0.6 is 0 Å². The smallest absolute Gasteiger partial charge is 0.0433 e. The molecule has 2 unspecified atom stereocenters. The highest BCUT2D eigenvalue weighted by Crippen LogP contribution is 2.26. The fourth-order valence-corrected chi connectivity index (χ4v) is 5.54. The van der Waals surface area contributed by atoms with Crippen LogP contribution in [0.25, 0.3) is 0 Å². The predicted molar refractivity (Wildman–Crippen MR) is 183 cm³/mol. The third-order valence-corrected chi connectivity index (χ3v) is 8.67. The molecule has 0 aliphatic carbocycles. The Bertz CT molecular complexity index is 414. The number of hydrogen-bond acceptors (Lipinski definition) is 1. The third kappa shape index (κ3) is 34.1. The normalized spacial score (nSPS) is 13.1. The first-order valence-corrected chi connectivity index (χ1v) is 18.1. The van der Waals surface area contributed by atoms with Crippen molar-refractivity contribution in [2.24, 2.45) is 41.4 Å². The van der Waals surface area contributed by atoms with Gasteiger partial charge >= 0.3 is 0 Å². The summed E-state index contributed by atoms with van der Waals surface area (Å²) >= 11 is 0. The quantitative estimate of drug-likeness (QED) is 0.124. The molecule has 0 aromatic heterocycles. The predicted octanol–water partition coefficient (Wildman–Crippen LogP) is 13.5. The Morgan fingerprint density at radius 1 is 0.385 bits per heavy atom. The topological polar surface area (TPSA) is 20.2 Å². The van der Waals surface area contributed by atoms with Crippen molar-refractivity contribution in [3.05, 3.63) is 0 Å². The van der Waals surface area contributed by atoms with E-state index in [1.54, 1.807) is 0 Å². The van der Waals surface area contributed by atoms with E-state index in [9.17, 15) is 0 Å². The minimum Gasteiger partial charge on any atom is -0.396 e. The van der Waals surface area contributed by atoms with E-state index in [1.807, 2.05) is 0 Å². The number of aliphatic hydroxyl groups is 1. The standard InChI is InChI=1S/C13H28O.C13H28.C12H26/c1-3-5-7-9-13(11-12-14)10-8-6-4-2;1-6-7-8-13(12(4)5)10-9-11(2)3;1-6-7-12(11(4)5)9-8-10(2)3/h13-14H,3-12H2,1-2H3;11-13H,6-10H2,1-5H3;10-12H,6-9H2,1-5H3. The van der Waals surface area contributed by atoms with Gasteiger partial charge in [-0.2, -0.15) is 0 Å². The maximum Gasteiger partial charge on any atom is 0.0433 e. The molecule has 0 fully saturated rings. The first-order valence-electron chi connectivity index (χ1n) is 18.1. The lowest BCUT2D eigenvalue weighted by molar-refractivity contribution is 0.241. The lowest BCUT2D eigenvalue weighted by atomic mass is 9.85. The van der Waals surface area contributed by atoms with Crippen molar-refractivity contribution in [1.82, 2.24) is 0 Å². The molecular formula is C38H82O. The van der Waals surface area contributed by atoms with Gasteiger partial charge < -0.3 is 5.11 Å². The molecule has 1 N–H and O–H groups in total. The summed E-state index contributed by atoms with van der Waals surface area (Å²) < 4.78 is 0. The van der Waals surface area contributed by atoms with E-state index >= 15 is 0 Å². The summed E-state index contributed by atoms with van der Waals surface area (Å²) in [6.45, 7) is 28.2. The van der Waals surface area contributed by atoms with Crippen LogP contribution in [-0.4, -0.2) is 11.7 Å². The van der Waals surface area contributed by atoms with Gasteiger partial charge in [-0.15, -0.1) is 0 Å². The van der Waals surface area contributed by atoms with Gasteiger partial charge in [-0.1, -0.05) is 179 Å². The number of hydrogen-bond donors (Lipinski definition) is 1. The molecule has 1 heteroatoms. The summed E-state index contributed by atoms with van der Waals surface area (Å²) in [5.74, 6) is 6.25. The summed E-state index contributed by atoms with van der Waals surface area (Å²) in [6.07, 6.45) is 24.4. The molecule has 1 nitrogen and oxygen atoms in total. The second kappa shape index (κ2) is 32.5. The fourth-order valence-electron chi connectivity index (χ4n) is 5.54. The Balaban J connectivity index is -0.000000500. The zero-order valence-corrected chi connectivity index (χ0v) is 29.9. The molecular weight excluding hydrogens is 472 g/mol. The molecule has 0 rings (SSSR count). The van der Waals surface area contributed by atoms with E-state index in [1.165, 1.54) is 109 Å². The van der Waals surface area contributed by atoms with Crippen LogP contribution in [0.5, 0.6) is 0 Å². The maximum absolute atomic E-state index is 8.95. The fraction of sp³-hybridized carbons (Fsp3) is 1.00. The zero-order chi connectivity index (χ0) is 30.5. The molecule has 2 atom stereocenters. The van der Waals surface area contributed by atoms with E-state index in [0.717, 1.165) is 47.8 Å². The summed E-state index contributed by atoms with van der Waals surface area (Å²) in [5, 5.41) is 8.95. The first-order chi connectivity index (χ1) is 18.5. The third-order valence-electron chi connectivity index (χ3n) is 8.67. The van der Waals surface area contributed by atoms with Gasteiger partial charge in [0, 0.05) is 6.61 Å². The van der Waals surface area contributed by atoms with Crippen LogP contribution < -0.4 is 0 Å². The van der Waals surface area contributed by atoms with Crippen LogP contribution in [0.15, 0.2) is 0 Å². The highest BCUT2D eigenvalue weighted by molar-refractivity contribution is 4.65. The van der Waals surface area contributed by atoms with Crippen molar-refractivity contribution in [1.29, 1.82) is 0 Å². The van der Waals surface area contributed by atoms with E-state index in [4.69, 9.17) is 5.11 Å². The highest BCUT2D eigenvalue weighted by atomic mass is 16.3. The first kappa shape index (κ1) is 43.4. The van der Waals surface area contributed by atoms with Crippen molar-refractivity contribution >= 4 is 0 Å². The van der Waals surface area contributed by atoms with Crippen molar-refractivity contribution in [3.8, 4) is 0 Å². The monoisotopic (exact) mass is 555 g/mol. The molecule has 0 aliphatic heterocycles. The summed E-state index contributed by atoms with van der Waals surface area (Å²) in [5.41, 5.74) is 0. The van der Waals surface area contributed by atoms with Gasteiger partial charge in [-0.25, -0.2) is 0 Å². The summed E-state index contributed by atoms with van der Waals surface area (Å²) in [7, 11) is 0. The van der Waals surface area contributed by atoms with Crippen LogP contribution in [-0.2, 0) is 0 Å². The lowest BCUT2D eigenvalue weighted by Gasteiger charge is -2.21. The Hall–Kier alpha value is -0.0400. The van der Waals surface area contributed by atoms with Crippen LogP contribution in [0.3, 0.4) is 0 Å². The molecule has 0 spiro atoms. The van der Waals surface area contributed by atoms with Crippen LogP contribution in [0, 0.1) is 41.4 Å². The van der Waals surface area contributed by atoms with Gasteiger partial charge in [0.1, 0.15) is 0 Å². The van der Waals surface area contributed by atoms with Crippen molar-refractivity contribution < 1.29 is 5.11 Å². The molecule has 0 aromatic rings. The second-order valence-corrected chi connectivity index (χ2v) is 14.3. The van der Waals surface area contributed by atoms with Crippen molar-refractivity contribution in [2.75, 3.05) is 6.61 Å². The minimum absolute atomic E-state index is 0.378. The number of aliphatic hydroxyl groups excluding tert-OH is 1. The van der Waals surface area contributed by atoms with Gasteiger partial charge in [-0.05, 0) is 60.7 Å². The van der Waals surface area contributed by atoms with Crippen LogP contribution in [0.4, 0.5) is 0 Å². The average molecular weight is 555 g/mol. The van der Waals surface area contributed by atoms with E-state index in [2.05, 4.69) is 83.1 Å². The van der Waals surface area contributed by atoms with Gasteiger partial charge in [0.2, 0.25) is 0 Å². The van der Waals surface area contributed by atoms with Gasteiger partial charge in [-0.3, -0.25) is 0 Å². The SMILES string of the molecule is CCCC(CCC(C)C)C(C)C.CCCCC(CCC(C)C)C(C)C.CCCCCC(CCO)CCCCC. The molecule has 0 saturated heterocycles. The van der Waals surface area contributed by atoms with E-state index in [-0.39, 0.29) is 0 Å². The molecule has 0 radical (unpaired) electrons. The van der Waals surface area contributed by atoms with Crippen LogP contribution in [0.2, 0.25) is 0 Å². The maximum atomic E-state index is 8.95. The molecule has 39 heavy (non-hydrogen) atoms. The molecule has 0 aromatic carbocycles. The van der Waals surface area contributed by atoms with Crippen molar-refractivity contribution in [3.63, 3.8) is 0 Å². The van der Waals surface area contributed by atoms with Crippen molar-refractivity contribution in [2.45, 2.75) is 199 Å². The van der Waals surface area contributed by atoms with Crippen LogP contribution in [0.1, 0.15) is 199 Å². The molecule has 0 heterocycles. The summed E-state index contributed by atoms with van der Waals surface area (Å²) in [4.78, 5) is 0. The average Bonchev–Trinajstić information content (AvgIpc) is 2.87. The van der Waals surface area contributed by atoms with E-state index in [0.29, 0.717) is 6.61 Å². The van der Waals surface area contributed by atoms with Gasteiger partial charge in [0.15, 0.2) is 0 Å². The molecule has 0 amide bonds. The lowest BCUT2D eigenvalue weighted by Crippen LogP contribution is -2.09. The Morgan fingerprint density at radius 3 is 1.10 bits per heavy atom. The molecule has 240 valence electrons. The molecule has 0 bridgehead atoms. The zero-order valence-electron chi connectivity index (χ0n) is 29.9. The summed E-state index contributed by atoms with van der Waals surface area (Å²) in [6, 6.07) is 0. The minimum atomic E-state index is 0.378. The van der Waals surface area contributed by atoms with E-state index < -0.39 is 0 Å². The molecule has 0 aliphatic rings. The van der Waals surface area contributed by atoms with Gasteiger partial charge in [0.25, 0.3) is 0 Å². The highest BCUT2D eigenvalue weighted by Gasteiger charge is 2.13. The molecule has 0 saturated carbocycles. The number of rotatable bonds is 23. The van der Waals surface area contributed by atoms with Gasteiger partial charge in [0.05, 0.1) is 0 Å². The Morgan fingerprint density at radius 2 is 0.795 bits per heavy atom. The Labute approximate surface area is 251 Å².